The van der Waals surface area contributed by atoms with E-state index in [0.29, 0.717) is 23.1 Å². The number of carboxylic acids is 2. The molecule has 0 heterocycles. The second-order valence-electron chi connectivity index (χ2n) is 20.5. The summed E-state index contributed by atoms with van der Waals surface area (Å²) in [6, 6.07) is 8.86. The van der Waals surface area contributed by atoms with Crippen LogP contribution in [0.2, 0.25) is 0 Å². The fourth-order valence-electron chi connectivity index (χ4n) is 7.95. The number of nitrogens with two attached hydrogens (primary N) is 2. The number of ether oxygens (including phenoxy) is 1. The van der Waals surface area contributed by atoms with E-state index in [0.717, 1.165) is 0 Å². The van der Waals surface area contributed by atoms with Gasteiger partial charge >= 0.3 is 24.1 Å². The van der Waals surface area contributed by atoms with Crippen LogP contribution in [0.25, 0.3) is 0 Å². The summed E-state index contributed by atoms with van der Waals surface area (Å²) in [5, 5.41) is 29.2. The molecular weight excluding hydrogens is 929 g/mol. The number of carbonyl (C=O) groups is 9. The SMILES string of the molecule is C/C(=C\[C@H](C(C)C)N(C)C(=O)[C@@H](NC(=O)[C@@H](N(C)C(=O)OCc1ccc(CC(=O)[C@H](CCCNC(N)=O)NC(=O)[C@@H](N)C(C)C)cc1)C(C)(C)c1ccccc1)C(C)(C)C)C(=O)N[C@H](CCC(=O)O)C(=O)O. The number of amides is 7. The number of nitrogens with one attached hydrogen (secondary N) is 4. The minimum atomic E-state index is -1.46. The summed E-state index contributed by atoms with van der Waals surface area (Å²) >= 11 is 0. The molecule has 20 nitrogen and oxygen atoms in total. The standard InChI is InChI=1S/C52H78N8O12/c1-30(2)38(27-32(5)44(64)57-37(48(68)69)24-25-40(62)63)59(11)47(67)42(51(6,7)8)58-46(66)43(52(9,10)35-17-14-13-15-18-35)60(12)50(71)72-29-34-22-20-33(21-23-34)28-39(61)36(19-16-26-55-49(54)70)56-45(65)41(53)31(3)4/h13-15,17-18,20-23,27,30-31,36-38,41-43H,16,19,24-26,28-29,53H2,1-12H3,(H,56,65)(H,57,64)(H,58,66)(H,62,63)(H,68,69)(H3,54,55,70)/b32-27+/t36-,37+,38+,41-,42+,43+/m0/s1. The molecule has 0 fully saturated rings. The highest BCUT2D eigenvalue weighted by atomic mass is 16.6. The molecule has 2 rings (SSSR count). The number of nitrogens with zero attached hydrogens (tertiary/aromatic N) is 2. The van der Waals surface area contributed by atoms with E-state index < -0.39 is 101 Å². The minimum absolute atomic E-state index is 0.0364. The molecule has 0 aromatic heterocycles. The number of ketones is 1. The van der Waals surface area contributed by atoms with Crippen LogP contribution in [0.3, 0.4) is 0 Å². The Hall–Kier alpha value is -6.83. The van der Waals surface area contributed by atoms with Crippen LogP contribution in [0.5, 0.6) is 0 Å². The summed E-state index contributed by atoms with van der Waals surface area (Å²) in [5.41, 5.74) is 11.2. The van der Waals surface area contributed by atoms with Gasteiger partial charge in [-0.25, -0.2) is 14.4 Å². The van der Waals surface area contributed by atoms with Gasteiger partial charge in [-0.15, -0.1) is 0 Å². The number of primary amides is 1. The molecule has 6 atom stereocenters. The van der Waals surface area contributed by atoms with Gasteiger partial charge in [0.2, 0.25) is 23.6 Å². The molecule has 10 N–H and O–H groups in total. The molecule has 7 amide bonds. The van der Waals surface area contributed by atoms with Gasteiger partial charge in [0.15, 0.2) is 5.78 Å². The highest BCUT2D eigenvalue weighted by Gasteiger charge is 2.45. The summed E-state index contributed by atoms with van der Waals surface area (Å²) in [7, 11) is 2.96. The number of Topliss-reactive ketones (excluding diaryl/α,β-unsaturated/α-hetero) is 1. The van der Waals surface area contributed by atoms with Crippen molar-refractivity contribution >= 4 is 53.5 Å². The van der Waals surface area contributed by atoms with E-state index in [-0.39, 0.29) is 55.6 Å². The van der Waals surface area contributed by atoms with Gasteiger partial charge in [0.05, 0.1) is 18.1 Å². The maximum absolute atomic E-state index is 14.8. The minimum Gasteiger partial charge on any atom is -0.481 e. The highest BCUT2D eigenvalue weighted by molar-refractivity contribution is 5.96. The van der Waals surface area contributed by atoms with E-state index in [1.54, 1.807) is 84.9 Å². The highest BCUT2D eigenvalue weighted by Crippen LogP contribution is 2.32. The Morgan fingerprint density at radius 2 is 1.33 bits per heavy atom. The lowest BCUT2D eigenvalue weighted by Gasteiger charge is -2.42. The molecule has 2 aromatic rings. The monoisotopic (exact) mass is 1010 g/mol. The van der Waals surface area contributed by atoms with Gasteiger partial charge in [-0.2, -0.15) is 0 Å². The average Bonchev–Trinajstić information content (AvgIpc) is 3.30. The van der Waals surface area contributed by atoms with Crippen LogP contribution in [0.15, 0.2) is 66.2 Å². The molecule has 0 spiro atoms. The first-order valence-corrected chi connectivity index (χ1v) is 24.1. The van der Waals surface area contributed by atoms with Crippen LogP contribution in [0.4, 0.5) is 9.59 Å². The third kappa shape index (κ3) is 18.7. The van der Waals surface area contributed by atoms with Crippen LogP contribution in [-0.2, 0) is 56.7 Å². The van der Waals surface area contributed by atoms with E-state index in [4.69, 9.17) is 21.3 Å². The molecular formula is C52H78N8O12. The smallest absolute Gasteiger partial charge is 0.410 e. The second kappa shape index (κ2) is 27.7. The predicted octanol–water partition coefficient (Wildman–Crippen LogP) is 4.02. The van der Waals surface area contributed by atoms with E-state index >= 15 is 0 Å². The zero-order chi connectivity index (χ0) is 54.8. The van der Waals surface area contributed by atoms with Gasteiger partial charge in [0, 0.05) is 44.5 Å². The largest absolute Gasteiger partial charge is 0.481 e. The van der Waals surface area contributed by atoms with Crippen molar-refractivity contribution in [3.05, 3.63) is 82.9 Å². The second-order valence-corrected chi connectivity index (χ2v) is 20.5. The zero-order valence-electron chi connectivity index (χ0n) is 43.9. The number of hydrogen-bond acceptors (Lipinski definition) is 11. The van der Waals surface area contributed by atoms with Crippen LogP contribution in [-0.4, -0.2) is 130 Å². The van der Waals surface area contributed by atoms with Crippen molar-refractivity contribution in [3.8, 4) is 0 Å². The average molecular weight is 1010 g/mol. The van der Waals surface area contributed by atoms with Crippen molar-refractivity contribution < 1.29 is 58.1 Å². The Morgan fingerprint density at radius 3 is 1.85 bits per heavy atom. The maximum atomic E-state index is 14.8. The summed E-state index contributed by atoms with van der Waals surface area (Å²) < 4.78 is 5.77. The Labute approximate surface area is 423 Å². The first-order chi connectivity index (χ1) is 33.4. The molecule has 0 aliphatic heterocycles. The molecule has 72 heavy (non-hydrogen) atoms. The summed E-state index contributed by atoms with van der Waals surface area (Å²) in [5.74, 6) is -5.72. The Morgan fingerprint density at radius 1 is 0.750 bits per heavy atom. The topological polar surface area (TPSA) is 310 Å². The van der Waals surface area contributed by atoms with Crippen molar-refractivity contribution in [1.82, 2.24) is 31.1 Å². The number of likely N-dealkylation sites (N-methyl/N-ethyl adjacent to an activating group) is 2. The number of hydrogen-bond donors (Lipinski definition) is 8. The van der Waals surface area contributed by atoms with Gasteiger partial charge in [0.25, 0.3) is 0 Å². The van der Waals surface area contributed by atoms with E-state index in [2.05, 4.69) is 21.3 Å². The van der Waals surface area contributed by atoms with Crippen molar-refractivity contribution in [1.29, 1.82) is 0 Å². The summed E-state index contributed by atoms with van der Waals surface area (Å²) in [6.07, 6.45) is 0.437. The normalized spacial score (nSPS) is 14.4. The maximum Gasteiger partial charge on any atom is 0.410 e. The van der Waals surface area contributed by atoms with Crippen LogP contribution < -0.4 is 32.7 Å². The molecule has 0 saturated heterocycles. The van der Waals surface area contributed by atoms with Gasteiger partial charge < -0.3 is 52.6 Å². The van der Waals surface area contributed by atoms with Crippen LogP contribution in [0.1, 0.15) is 112 Å². The molecule has 0 saturated carbocycles. The van der Waals surface area contributed by atoms with Crippen LogP contribution >= 0.6 is 0 Å². The lowest BCUT2D eigenvalue weighted by Crippen LogP contribution is -2.63. The van der Waals surface area contributed by atoms with E-state index in [9.17, 15) is 48.3 Å². The van der Waals surface area contributed by atoms with Gasteiger partial charge in [-0.1, -0.05) is 123 Å². The predicted molar refractivity (Wildman–Crippen MR) is 271 cm³/mol. The third-order valence-electron chi connectivity index (χ3n) is 12.5. The Balaban J connectivity index is 2.38. The summed E-state index contributed by atoms with van der Waals surface area (Å²) in [4.78, 5) is 120. The molecule has 0 radical (unpaired) electrons. The molecule has 0 aliphatic rings. The number of rotatable bonds is 27. The fourth-order valence-corrected chi connectivity index (χ4v) is 7.95. The van der Waals surface area contributed by atoms with Crippen molar-refractivity contribution in [2.75, 3.05) is 20.6 Å². The molecule has 20 heteroatoms. The number of urea groups is 1. The van der Waals surface area contributed by atoms with Crippen molar-refractivity contribution in [2.45, 2.75) is 150 Å². The van der Waals surface area contributed by atoms with Crippen LogP contribution in [0, 0.1) is 17.3 Å². The number of carbonyl (C=O) groups excluding carboxylic acids is 7. The first-order valence-electron chi connectivity index (χ1n) is 24.1. The lowest BCUT2D eigenvalue weighted by atomic mass is 9.76. The van der Waals surface area contributed by atoms with Crippen molar-refractivity contribution in [3.63, 3.8) is 0 Å². The van der Waals surface area contributed by atoms with Gasteiger partial charge in [0.1, 0.15) is 24.7 Å². The number of aliphatic carboxylic acids is 2. The van der Waals surface area contributed by atoms with E-state index in [1.807, 2.05) is 32.0 Å². The first kappa shape index (κ1) is 61.3. The van der Waals surface area contributed by atoms with E-state index in [1.165, 1.54) is 36.9 Å². The molecule has 398 valence electrons. The molecule has 0 bridgehead atoms. The van der Waals surface area contributed by atoms with Crippen molar-refractivity contribution in [2.24, 2.45) is 28.7 Å². The number of benzene rings is 2. The molecule has 2 aromatic carbocycles. The molecule has 0 aliphatic carbocycles. The number of carboxylic acid groups (broad SMARTS) is 2. The fraction of sp³-hybridized carbons (Fsp3) is 0.558. The molecule has 0 unspecified atom stereocenters. The zero-order valence-corrected chi connectivity index (χ0v) is 43.9. The quantitative estimate of drug-likeness (QED) is 0.0464. The Kier molecular flexibility index (Phi) is 23.6. The van der Waals surface area contributed by atoms with Gasteiger partial charge in [-0.3, -0.25) is 33.7 Å². The van der Waals surface area contributed by atoms with Gasteiger partial charge in [-0.05, 0) is 60.1 Å². The third-order valence-corrected chi connectivity index (χ3v) is 12.5. The summed E-state index contributed by atoms with van der Waals surface area (Å²) in [6.45, 7) is 17.6. The Bertz CT molecular complexity index is 2240. The lowest BCUT2D eigenvalue weighted by molar-refractivity contribution is -0.142.